The number of carbonyl (C=O) groups excluding carboxylic acids is 2. The zero-order chi connectivity index (χ0) is 21.1. The molecule has 2 aromatic heterocycles. The van der Waals surface area contributed by atoms with Gasteiger partial charge in [-0.1, -0.05) is 12.1 Å². The van der Waals surface area contributed by atoms with Crippen molar-refractivity contribution < 1.29 is 14.0 Å². The van der Waals surface area contributed by atoms with Crippen molar-refractivity contribution in [2.75, 3.05) is 13.1 Å². The van der Waals surface area contributed by atoms with E-state index >= 15 is 0 Å². The summed E-state index contributed by atoms with van der Waals surface area (Å²) in [5, 5.41) is 5.35. The number of rotatable bonds is 5. The Hall–Kier alpha value is -3.07. The zero-order valence-electron chi connectivity index (χ0n) is 16.2. The minimum atomic E-state index is -0.525. The van der Waals surface area contributed by atoms with Crippen LogP contribution in [0, 0.1) is 5.82 Å². The SMILES string of the molecule is O=C(CCn1cnc2sccc2c1=O)NC1CCN(C(=O)c2ccccc2F)CC1. The Balaban J connectivity index is 1.27. The quantitative estimate of drug-likeness (QED) is 0.676. The van der Waals surface area contributed by atoms with Gasteiger partial charge in [-0.25, -0.2) is 9.37 Å². The number of halogens is 1. The summed E-state index contributed by atoms with van der Waals surface area (Å²) in [5.74, 6) is -0.997. The first-order valence-corrected chi connectivity index (χ1v) is 10.7. The predicted octanol–water partition coefficient (Wildman–Crippen LogP) is 2.41. The van der Waals surface area contributed by atoms with Crippen LogP contribution < -0.4 is 10.9 Å². The molecule has 156 valence electrons. The maximum atomic E-state index is 13.8. The Bertz CT molecular complexity index is 1130. The summed E-state index contributed by atoms with van der Waals surface area (Å²) in [6, 6.07) is 7.64. The van der Waals surface area contributed by atoms with Crippen molar-refractivity contribution in [1.29, 1.82) is 0 Å². The second-order valence-corrected chi connectivity index (χ2v) is 8.14. The molecule has 9 heteroatoms. The topological polar surface area (TPSA) is 84.3 Å². The van der Waals surface area contributed by atoms with Gasteiger partial charge in [0, 0.05) is 32.1 Å². The monoisotopic (exact) mass is 428 g/mol. The lowest BCUT2D eigenvalue weighted by Crippen LogP contribution is -2.46. The third-order valence-electron chi connectivity index (χ3n) is 5.28. The summed E-state index contributed by atoms with van der Waals surface area (Å²) in [7, 11) is 0. The fourth-order valence-electron chi connectivity index (χ4n) is 3.61. The van der Waals surface area contributed by atoms with E-state index in [9.17, 15) is 18.8 Å². The van der Waals surface area contributed by atoms with Crippen LogP contribution in [0.15, 0.2) is 46.8 Å². The van der Waals surface area contributed by atoms with Crippen molar-refractivity contribution in [1.82, 2.24) is 19.8 Å². The summed E-state index contributed by atoms with van der Waals surface area (Å²) in [5.41, 5.74) is -0.0735. The third-order valence-corrected chi connectivity index (χ3v) is 6.10. The lowest BCUT2D eigenvalue weighted by atomic mass is 10.0. The maximum absolute atomic E-state index is 13.8. The molecule has 1 fully saturated rings. The standard InChI is InChI=1S/C21H21FN4O3S/c22-17-4-2-1-3-15(17)20(28)25-9-5-14(6-10-25)24-18(27)7-11-26-13-23-19-16(21(26)29)8-12-30-19/h1-4,8,12-14H,5-7,9-11H2,(H,24,27). The number of thiophene rings is 1. The van der Waals surface area contributed by atoms with E-state index < -0.39 is 5.82 Å². The highest BCUT2D eigenvalue weighted by atomic mass is 32.1. The van der Waals surface area contributed by atoms with Crippen LogP contribution in [0.1, 0.15) is 29.6 Å². The number of benzene rings is 1. The first-order valence-electron chi connectivity index (χ1n) is 9.79. The van der Waals surface area contributed by atoms with Gasteiger partial charge >= 0.3 is 0 Å². The van der Waals surface area contributed by atoms with Gasteiger partial charge in [0.05, 0.1) is 17.3 Å². The van der Waals surface area contributed by atoms with E-state index in [-0.39, 0.29) is 41.9 Å². The Kier molecular flexibility index (Phi) is 5.89. The lowest BCUT2D eigenvalue weighted by Gasteiger charge is -2.32. The zero-order valence-corrected chi connectivity index (χ0v) is 17.0. The van der Waals surface area contributed by atoms with Crippen LogP contribution in [-0.4, -0.2) is 45.4 Å². The number of piperidine rings is 1. The molecule has 1 aliphatic heterocycles. The van der Waals surface area contributed by atoms with E-state index in [1.54, 1.807) is 23.1 Å². The minimum absolute atomic E-state index is 0.0450. The minimum Gasteiger partial charge on any atom is -0.353 e. The largest absolute Gasteiger partial charge is 0.353 e. The van der Waals surface area contributed by atoms with E-state index in [2.05, 4.69) is 10.3 Å². The number of fused-ring (bicyclic) bond motifs is 1. The number of aromatic nitrogens is 2. The second-order valence-electron chi connectivity index (χ2n) is 7.25. The molecule has 3 heterocycles. The van der Waals surface area contributed by atoms with Gasteiger partial charge in [-0.15, -0.1) is 11.3 Å². The van der Waals surface area contributed by atoms with Crippen LogP contribution in [0.2, 0.25) is 0 Å². The van der Waals surface area contributed by atoms with Crippen LogP contribution in [-0.2, 0) is 11.3 Å². The molecule has 0 radical (unpaired) electrons. The van der Waals surface area contributed by atoms with Gasteiger partial charge in [0.2, 0.25) is 5.91 Å². The van der Waals surface area contributed by atoms with Crippen LogP contribution in [0.3, 0.4) is 0 Å². The highest BCUT2D eigenvalue weighted by Gasteiger charge is 2.25. The first-order chi connectivity index (χ1) is 14.5. The Morgan fingerprint density at radius 3 is 2.73 bits per heavy atom. The Morgan fingerprint density at radius 1 is 1.20 bits per heavy atom. The molecule has 0 bridgehead atoms. The van der Waals surface area contributed by atoms with Gasteiger partial charge < -0.3 is 10.2 Å². The molecule has 30 heavy (non-hydrogen) atoms. The van der Waals surface area contributed by atoms with Gasteiger partial charge in [0.1, 0.15) is 10.6 Å². The molecule has 3 aromatic rings. The summed E-state index contributed by atoms with van der Waals surface area (Å²) in [4.78, 5) is 43.7. The lowest BCUT2D eigenvalue weighted by molar-refractivity contribution is -0.122. The van der Waals surface area contributed by atoms with E-state index in [0.29, 0.717) is 36.1 Å². The summed E-state index contributed by atoms with van der Waals surface area (Å²) in [6.45, 7) is 1.17. The normalized spacial score (nSPS) is 14.8. The number of hydrogen-bond acceptors (Lipinski definition) is 5. The summed E-state index contributed by atoms with van der Waals surface area (Å²) >= 11 is 1.41. The number of carbonyl (C=O) groups is 2. The van der Waals surface area contributed by atoms with Crippen molar-refractivity contribution in [3.05, 3.63) is 63.8 Å². The van der Waals surface area contributed by atoms with Crippen LogP contribution in [0.25, 0.3) is 10.2 Å². The number of nitrogens with one attached hydrogen (secondary N) is 1. The average molecular weight is 428 g/mol. The highest BCUT2D eigenvalue weighted by molar-refractivity contribution is 7.16. The van der Waals surface area contributed by atoms with E-state index in [1.807, 2.05) is 5.38 Å². The molecular weight excluding hydrogens is 407 g/mol. The molecule has 0 aliphatic carbocycles. The Morgan fingerprint density at radius 2 is 1.97 bits per heavy atom. The van der Waals surface area contributed by atoms with Crippen LogP contribution in [0.4, 0.5) is 4.39 Å². The van der Waals surface area contributed by atoms with Crippen molar-refractivity contribution in [2.24, 2.45) is 0 Å². The molecule has 0 saturated carbocycles. The number of amides is 2. The average Bonchev–Trinajstić information content (AvgIpc) is 3.23. The molecule has 1 aromatic carbocycles. The summed E-state index contributed by atoms with van der Waals surface area (Å²) < 4.78 is 15.3. The van der Waals surface area contributed by atoms with Gasteiger partial charge in [-0.05, 0) is 36.4 Å². The molecular formula is C21H21FN4O3S. The Labute approximate surface area is 176 Å². The molecule has 7 nitrogen and oxygen atoms in total. The van der Waals surface area contributed by atoms with Crippen molar-refractivity contribution in [3.63, 3.8) is 0 Å². The van der Waals surface area contributed by atoms with Crippen LogP contribution >= 0.6 is 11.3 Å². The smallest absolute Gasteiger partial charge is 0.262 e. The molecule has 4 rings (SSSR count). The van der Waals surface area contributed by atoms with Crippen molar-refractivity contribution in [2.45, 2.75) is 31.8 Å². The van der Waals surface area contributed by atoms with Gasteiger partial charge in [-0.3, -0.25) is 19.0 Å². The van der Waals surface area contributed by atoms with E-state index in [1.165, 1.54) is 34.4 Å². The van der Waals surface area contributed by atoms with Gasteiger partial charge in [0.25, 0.3) is 11.5 Å². The summed E-state index contributed by atoms with van der Waals surface area (Å²) in [6.07, 6.45) is 2.86. The predicted molar refractivity (Wildman–Crippen MR) is 112 cm³/mol. The molecule has 1 aliphatic rings. The fourth-order valence-corrected chi connectivity index (χ4v) is 4.33. The number of likely N-dealkylation sites (tertiary alicyclic amines) is 1. The highest BCUT2D eigenvalue weighted by Crippen LogP contribution is 2.16. The number of hydrogen-bond donors (Lipinski definition) is 1. The molecule has 2 amide bonds. The van der Waals surface area contributed by atoms with Crippen molar-refractivity contribution >= 4 is 33.4 Å². The van der Waals surface area contributed by atoms with E-state index in [0.717, 1.165) is 0 Å². The van der Waals surface area contributed by atoms with Gasteiger partial charge in [0.15, 0.2) is 0 Å². The van der Waals surface area contributed by atoms with E-state index in [4.69, 9.17) is 0 Å². The molecule has 1 N–H and O–H groups in total. The molecule has 0 atom stereocenters. The number of nitrogens with zero attached hydrogens (tertiary/aromatic N) is 3. The molecule has 1 saturated heterocycles. The third kappa shape index (κ3) is 4.25. The maximum Gasteiger partial charge on any atom is 0.262 e. The van der Waals surface area contributed by atoms with Crippen molar-refractivity contribution in [3.8, 4) is 0 Å². The van der Waals surface area contributed by atoms with Crippen LogP contribution in [0.5, 0.6) is 0 Å². The van der Waals surface area contributed by atoms with Gasteiger partial charge in [-0.2, -0.15) is 0 Å². The fraction of sp³-hybridized carbons (Fsp3) is 0.333. The molecule has 0 unspecified atom stereocenters. The molecule has 0 spiro atoms. The number of aryl methyl sites for hydroxylation is 1. The second kappa shape index (κ2) is 8.74. The first kappa shape index (κ1) is 20.2.